The zero-order chi connectivity index (χ0) is 14.4. The van der Waals surface area contributed by atoms with Gasteiger partial charge in [-0.15, -0.1) is 11.3 Å². The Labute approximate surface area is 122 Å². The Morgan fingerprint density at radius 1 is 1.40 bits per heavy atom. The number of nitriles is 1. The van der Waals surface area contributed by atoms with Crippen LogP contribution in [0.25, 0.3) is 11.3 Å². The molecule has 2 rings (SSSR count). The average molecular weight is 285 g/mol. The number of rotatable bonds is 5. The van der Waals surface area contributed by atoms with E-state index in [1.54, 1.807) is 12.1 Å². The first-order chi connectivity index (χ1) is 9.72. The van der Waals surface area contributed by atoms with E-state index in [0.29, 0.717) is 17.1 Å². The zero-order valence-corrected chi connectivity index (χ0v) is 12.0. The first-order valence-electron chi connectivity index (χ1n) is 6.49. The third-order valence-corrected chi connectivity index (χ3v) is 3.58. The van der Waals surface area contributed by atoms with Crippen molar-refractivity contribution in [3.8, 4) is 17.3 Å². The van der Waals surface area contributed by atoms with Crippen LogP contribution in [0.1, 0.15) is 31.7 Å². The van der Waals surface area contributed by atoms with Gasteiger partial charge < -0.3 is 5.32 Å². The molecule has 20 heavy (non-hydrogen) atoms. The van der Waals surface area contributed by atoms with Crippen LogP contribution in [-0.2, 0) is 4.79 Å². The van der Waals surface area contributed by atoms with Crippen molar-refractivity contribution >= 4 is 22.4 Å². The average Bonchev–Trinajstić information content (AvgIpc) is 2.93. The fourth-order valence-corrected chi connectivity index (χ4v) is 2.43. The second-order valence-corrected chi connectivity index (χ2v) is 5.24. The molecule has 1 N–H and O–H groups in total. The molecule has 0 saturated carbocycles. The van der Waals surface area contributed by atoms with Gasteiger partial charge in [-0.25, -0.2) is 4.98 Å². The van der Waals surface area contributed by atoms with Crippen LogP contribution in [0.4, 0.5) is 5.13 Å². The minimum atomic E-state index is 0.00702. The molecule has 0 fully saturated rings. The maximum Gasteiger partial charge on any atom is 0.226 e. The Hall–Kier alpha value is -2.19. The molecule has 0 aliphatic carbocycles. The Kier molecular flexibility index (Phi) is 4.85. The number of benzene rings is 1. The Bertz CT molecular complexity index is 625. The lowest BCUT2D eigenvalue weighted by Crippen LogP contribution is -2.10. The summed E-state index contributed by atoms with van der Waals surface area (Å²) >= 11 is 1.41. The van der Waals surface area contributed by atoms with Crippen LogP contribution < -0.4 is 5.32 Å². The van der Waals surface area contributed by atoms with Gasteiger partial charge in [-0.05, 0) is 18.6 Å². The van der Waals surface area contributed by atoms with Crippen molar-refractivity contribution in [3.63, 3.8) is 0 Å². The van der Waals surface area contributed by atoms with Crippen molar-refractivity contribution in [3.05, 3.63) is 35.2 Å². The summed E-state index contributed by atoms with van der Waals surface area (Å²) in [6.07, 6.45) is 2.42. The summed E-state index contributed by atoms with van der Waals surface area (Å²) < 4.78 is 0. The van der Waals surface area contributed by atoms with Crippen LogP contribution in [0.5, 0.6) is 0 Å². The van der Waals surface area contributed by atoms with Gasteiger partial charge in [0, 0.05) is 17.4 Å². The third-order valence-electron chi connectivity index (χ3n) is 2.82. The van der Waals surface area contributed by atoms with E-state index in [9.17, 15) is 4.79 Å². The fraction of sp³-hybridized carbons (Fsp3) is 0.267. The highest BCUT2D eigenvalue weighted by Gasteiger charge is 2.07. The van der Waals surface area contributed by atoms with Crippen molar-refractivity contribution in [1.29, 1.82) is 5.26 Å². The summed E-state index contributed by atoms with van der Waals surface area (Å²) in [6.45, 7) is 2.06. The molecule has 0 unspecified atom stereocenters. The lowest BCUT2D eigenvalue weighted by atomic mass is 10.1. The summed E-state index contributed by atoms with van der Waals surface area (Å²) in [5, 5.41) is 14.1. The predicted octanol–water partition coefficient (Wildman–Crippen LogP) is 3.81. The van der Waals surface area contributed by atoms with Crippen LogP contribution >= 0.6 is 11.3 Å². The van der Waals surface area contributed by atoms with E-state index in [1.807, 2.05) is 17.5 Å². The van der Waals surface area contributed by atoms with Gasteiger partial charge in [0.2, 0.25) is 5.91 Å². The van der Waals surface area contributed by atoms with E-state index in [1.165, 1.54) is 11.3 Å². The number of nitrogens with one attached hydrogen (secondary N) is 1. The molecule has 0 atom stereocenters. The number of aromatic nitrogens is 1. The Morgan fingerprint density at radius 3 is 2.80 bits per heavy atom. The van der Waals surface area contributed by atoms with Gasteiger partial charge in [-0.3, -0.25) is 4.79 Å². The number of nitrogens with zero attached hydrogens (tertiary/aromatic N) is 2. The van der Waals surface area contributed by atoms with Gasteiger partial charge in [0.05, 0.1) is 17.3 Å². The van der Waals surface area contributed by atoms with Crippen molar-refractivity contribution < 1.29 is 4.79 Å². The minimum absolute atomic E-state index is 0.00702. The third kappa shape index (κ3) is 3.65. The van der Waals surface area contributed by atoms with E-state index in [2.05, 4.69) is 23.3 Å². The molecule has 0 aliphatic heterocycles. The highest BCUT2D eigenvalue weighted by atomic mass is 32.1. The highest BCUT2D eigenvalue weighted by Crippen LogP contribution is 2.25. The maximum atomic E-state index is 11.6. The molecule has 1 aromatic heterocycles. The number of anilines is 1. The largest absolute Gasteiger partial charge is 0.302 e. The van der Waals surface area contributed by atoms with Crippen molar-refractivity contribution in [2.24, 2.45) is 0 Å². The molecule has 1 amide bonds. The number of amides is 1. The Morgan fingerprint density at radius 2 is 2.15 bits per heavy atom. The Balaban J connectivity index is 2.04. The summed E-state index contributed by atoms with van der Waals surface area (Å²) in [4.78, 5) is 16.0. The van der Waals surface area contributed by atoms with Gasteiger partial charge >= 0.3 is 0 Å². The molecule has 0 spiro atoms. The maximum absolute atomic E-state index is 11.6. The van der Waals surface area contributed by atoms with Crippen molar-refractivity contribution in [1.82, 2.24) is 4.98 Å². The van der Waals surface area contributed by atoms with Gasteiger partial charge in [0.1, 0.15) is 0 Å². The van der Waals surface area contributed by atoms with Crippen LogP contribution in [0.3, 0.4) is 0 Å². The van der Waals surface area contributed by atoms with Crippen LogP contribution in [-0.4, -0.2) is 10.9 Å². The number of thiazole rings is 1. The molecule has 5 heteroatoms. The summed E-state index contributed by atoms with van der Waals surface area (Å²) in [5.74, 6) is 0.00702. The smallest absolute Gasteiger partial charge is 0.226 e. The summed E-state index contributed by atoms with van der Waals surface area (Å²) in [6, 6.07) is 9.31. The lowest BCUT2D eigenvalue weighted by Gasteiger charge is -2.00. The normalized spacial score (nSPS) is 10.0. The first-order valence-corrected chi connectivity index (χ1v) is 7.37. The summed E-state index contributed by atoms with van der Waals surface area (Å²) in [5.41, 5.74) is 2.37. The van der Waals surface area contributed by atoms with Crippen molar-refractivity contribution in [2.75, 3.05) is 5.32 Å². The predicted molar refractivity (Wildman–Crippen MR) is 80.4 cm³/mol. The SMILES string of the molecule is CCCCC(=O)Nc1nc(-c2ccc(C#N)cc2)cs1. The van der Waals surface area contributed by atoms with Crippen molar-refractivity contribution in [2.45, 2.75) is 26.2 Å². The van der Waals surface area contributed by atoms with E-state index in [0.717, 1.165) is 24.1 Å². The number of unbranched alkanes of at least 4 members (excludes halogenated alkanes) is 1. The molecular formula is C15H15N3OS. The van der Waals surface area contributed by atoms with Crippen LogP contribution in [0.15, 0.2) is 29.6 Å². The van der Waals surface area contributed by atoms with Gasteiger partial charge in [-0.2, -0.15) is 5.26 Å². The number of hydrogen-bond donors (Lipinski definition) is 1. The second kappa shape index (κ2) is 6.83. The van der Waals surface area contributed by atoms with E-state index < -0.39 is 0 Å². The second-order valence-electron chi connectivity index (χ2n) is 4.38. The van der Waals surface area contributed by atoms with E-state index in [4.69, 9.17) is 5.26 Å². The molecule has 1 heterocycles. The molecule has 0 radical (unpaired) electrons. The van der Waals surface area contributed by atoms with Crippen LogP contribution in [0.2, 0.25) is 0 Å². The minimum Gasteiger partial charge on any atom is -0.302 e. The first kappa shape index (κ1) is 14.2. The van der Waals surface area contributed by atoms with Crippen LogP contribution in [0, 0.1) is 11.3 Å². The summed E-state index contributed by atoms with van der Waals surface area (Å²) in [7, 11) is 0. The molecule has 0 bridgehead atoms. The highest BCUT2D eigenvalue weighted by molar-refractivity contribution is 7.14. The standard InChI is InChI=1S/C15H15N3OS/c1-2-3-4-14(19)18-15-17-13(10-20-15)12-7-5-11(9-16)6-8-12/h5-8,10H,2-4H2,1H3,(H,17,18,19). The van der Waals surface area contributed by atoms with Gasteiger partial charge in [0.15, 0.2) is 5.13 Å². The fourth-order valence-electron chi connectivity index (χ4n) is 1.70. The number of hydrogen-bond acceptors (Lipinski definition) is 4. The molecule has 4 nitrogen and oxygen atoms in total. The lowest BCUT2D eigenvalue weighted by molar-refractivity contribution is -0.116. The topological polar surface area (TPSA) is 65.8 Å². The van der Waals surface area contributed by atoms with E-state index >= 15 is 0 Å². The van der Waals surface area contributed by atoms with E-state index in [-0.39, 0.29) is 5.91 Å². The number of carbonyl (C=O) groups is 1. The number of carbonyl (C=O) groups excluding carboxylic acids is 1. The molecule has 1 aromatic carbocycles. The molecule has 0 saturated heterocycles. The zero-order valence-electron chi connectivity index (χ0n) is 11.2. The molecular weight excluding hydrogens is 270 g/mol. The van der Waals surface area contributed by atoms with Gasteiger partial charge in [0.25, 0.3) is 0 Å². The molecule has 2 aromatic rings. The quantitative estimate of drug-likeness (QED) is 0.908. The molecule has 0 aliphatic rings. The molecule has 102 valence electrons. The van der Waals surface area contributed by atoms with Gasteiger partial charge in [-0.1, -0.05) is 25.5 Å². The monoisotopic (exact) mass is 285 g/mol.